The van der Waals surface area contributed by atoms with Crippen LogP contribution < -0.4 is 16.0 Å². The van der Waals surface area contributed by atoms with E-state index in [1.807, 2.05) is 78.4 Å². The fourth-order valence-electron chi connectivity index (χ4n) is 5.81. The van der Waals surface area contributed by atoms with Gasteiger partial charge in [-0.05, 0) is 24.5 Å². The van der Waals surface area contributed by atoms with E-state index < -0.39 is 29.9 Å². The Balaban J connectivity index is 1.33. The van der Waals surface area contributed by atoms with Crippen LogP contribution in [0.15, 0.2) is 83.8 Å². The Hall–Kier alpha value is -5.21. The molecular weight excluding hydrogens is 673 g/mol. The van der Waals surface area contributed by atoms with Crippen LogP contribution >= 0.6 is 22.7 Å². The Bertz CT molecular complexity index is 1940. The third-order valence-electron chi connectivity index (χ3n) is 8.43. The number of hydrogen-bond acceptors (Lipinski definition) is 9. The first kappa shape index (κ1) is 34.6. The zero-order valence-corrected chi connectivity index (χ0v) is 29.4. The molecule has 3 aromatic heterocycles. The molecule has 0 fully saturated rings. The average Bonchev–Trinajstić information content (AvgIpc) is 3.92. The molecule has 4 heterocycles. The number of rotatable bonds is 7. The van der Waals surface area contributed by atoms with Crippen molar-refractivity contribution in [3.63, 3.8) is 0 Å². The summed E-state index contributed by atoms with van der Waals surface area (Å²) in [5, 5.41) is 13.5. The number of aryl methyl sites for hydroxylation is 2. The van der Waals surface area contributed by atoms with Crippen molar-refractivity contribution in [2.24, 2.45) is 0 Å². The summed E-state index contributed by atoms with van der Waals surface area (Å²) in [6.45, 7) is 3.99. The van der Waals surface area contributed by atoms with Crippen molar-refractivity contribution < 1.29 is 19.2 Å². The van der Waals surface area contributed by atoms with Crippen molar-refractivity contribution in [1.82, 2.24) is 40.4 Å². The highest BCUT2D eigenvalue weighted by atomic mass is 32.1. The van der Waals surface area contributed by atoms with Crippen LogP contribution in [-0.2, 0) is 29.0 Å². The van der Waals surface area contributed by atoms with E-state index in [-0.39, 0.29) is 42.7 Å². The zero-order chi connectivity index (χ0) is 35.0. The first-order valence-electron chi connectivity index (χ1n) is 16.5. The van der Waals surface area contributed by atoms with Crippen LogP contribution in [0.2, 0.25) is 0 Å². The van der Waals surface area contributed by atoms with Gasteiger partial charge >= 0.3 is 0 Å². The van der Waals surface area contributed by atoms with Gasteiger partial charge in [0.15, 0.2) is 0 Å². The van der Waals surface area contributed by atoms with Gasteiger partial charge in [-0.1, -0.05) is 67.6 Å². The Morgan fingerprint density at radius 1 is 0.880 bits per heavy atom. The van der Waals surface area contributed by atoms with Gasteiger partial charge in [0.1, 0.15) is 27.2 Å². The fourth-order valence-corrected chi connectivity index (χ4v) is 7.46. The van der Waals surface area contributed by atoms with Crippen molar-refractivity contribution in [2.75, 3.05) is 13.1 Å². The van der Waals surface area contributed by atoms with Gasteiger partial charge in [-0.25, -0.2) is 15.0 Å². The summed E-state index contributed by atoms with van der Waals surface area (Å²) < 4.78 is 1.93. The van der Waals surface area contributed by atoms with Gasteiger partial charge in [0.2, 0.25) is 11.8 Å². The summed E-state index contributed by atoms with van der Waals surface area (Å²) in [5.41, 5.74) is 2.16. The summed E-state index contributed by atoms with van der Waals surface area (Å²) in [7, 11) is 0. The second kappa shape index (κ2) is 16.0. The van der Waals surface area contributed by atoms with E-state index in [4.69, 9.17) is 0 Å². The van der Waals surface area contributed by atoms with Gasteiger partial charge in [-0.15, -0.1) is 22.7 Å². The van der Waals surface area contributed by atoms with Crippen LogP contribution in [0.1, 0.15) is 86.3 Å². The number of fused-ring (bicyclic) bond motifs is 4. The molecule has 14 heteroatoms. The molecule has 4 bridgehead atoms. The first-order valence-corrected chi connectivity index (χ1v) is 18.2. The number of carbonyl (C=O) groups is 4. The van der Waals surface area contributed by atoms with Crippen molar-refractivity contribution in [3.8, 4) is 0 Å². The van der Waals surface area contributed by atoms with Crippen LogP contribution in [-0.4, -0.2) is 61.1 Å². The van der Waals surface area contributed by atoms with Crippen LogP contribution in [0.25, 0.3) is 0 Å². The van der Waals surface area contributed by atoms with Gasteiger partial charge in [-0.3, -0.25) is 19.2 Å². The van der Waals surface area contributed by atoms with E-state index in [1.54, 1.807) is 23.9 Å². The first-order chi connectivity index (χ1) is 24.3. The van der Waals surface area contributed by atoms with Crippen molar-refractivity contribution in [1.29, 1.82) is 0 Å². The number of amides is 4. The van der Waals surface area contributed by atoms with E-state index in [2.05, 4.69) is 30.9 Å². The number of thiazole rings is 2. The monoisotopic (exact) mass is 710 g/mol. The molecule has 12 nitrogen and oxygen atoms in total. The predicted octanol–water partition coefficient (Wildman–Crippen LogP) is 4.65. The highest BCUT2D eigenvalue weighted by Gasteiger charge is 2.28. The molecule has 1 aliphatic heterocycles. The van der Waals surface area contributed by atoms with Gasteiger partial charge < -0.3 is 25.4 Å². The molecule has 0 spiro atoms. The van der Waals surface area contributed by atoms with Gasteiger partial charge in [0.05, 0.1) is 24.7 Å². The highest BCUT2D eigenvalue weighted by molar-refractivity contribution is 7.10. The van der Waals surface area contributed by atoms with Crippen LogP contribution in [0.5, 0.6) is 0 Å². The molecule has 6 rings (SSSR count). The lowest BCUT2D eigenvalue weighted by Crippen LogP contribution is -2.46. The summed E-state index contributed by atoms with van der Waals surface area (Å²) in [6.07, 6.45) is 4.84. The molecule has 0 radical (unpaired) electrons. The van der Waals surface area contributed by atoms with E-state index >= 15 is 0 Å². The van der Waals surface area contributed by atoms with E-state index in [1.165, 1.54) is 27.6 Å². The molecular formula is C36H38N8O4S2. The highest BCUT2D eigenvalue weighted by Crippen LogP contribution is 2.25. The zero-order valence-electron chi connectivity index (χ0n) is 27.7. The summed E-state index contributed by atoms with van der Waals surface area (Å²) in [6, 6.07) is 17.4. The lowest BCUT2D eigenvalue weighted by atomic mass is 10.1. The number of carbonyl (C=O) groups excluding carboxylic acids is 4. The number of nitrogens with zero attached hydrogens (tertiary/aromatic N) is 5. The predicted molar refractivity (Wildman–Crippen MR) is 191 cm³/mol. The minimum Gasteiger partial charge on any atom is -0.346 e. The Kier molecular flexibility index (Phi) is 11.1. The maximum absolute atomic E-state index is 13.9. The minimum atomic E-state index is -0.650. The van der Waals surface area contributed by atoms with Crippen molar-refractivity contribution >= 4 is 46.3 Å². The largest absolute Gasteiger partial charge is 0.346 e. The molecule has 50 heavy (non-hydrogen) atoms. The Labute approximate surface area is 298 Å². The summed E-state index contributed by atoms with van der Waals surface area (Å²) in [5.74, 6) is -0.605. The van der Waals surface area contributed by atoms with E-state index in [0.717, 1.165) is 23.4 Å². The Morgan fingerprint density at radius 3 is 2.26 bits per heavy atom. The van der Waals surface area contributed by atoms with E-state index in [9.17, 15) is 19.2 Å². The lowest BCUT2D eigenvalue weighted by Gasteiger charge is -2.29. The second-order valence-electron chi connectivity index (χ2n) is 12.0. The molecule has 5 aromatic rings. The molecule has 0 saturated heterocycles. The number of imidazole rings is 1. The average molecular weight is 711 g/mol. The van der Waals surface area contributed by atoms with Gasteiger partial charge in [-0.2, -0.15) is 0 Å². The smallest absolute Gasteiger partial charge is 0.271 e. The maximum atomic E-state index is 13.9. The van der Waals surface area contributed by atoms with Crippen molar-refractivity contribution in [2.45, 2.75) is 57.8 Å². The van der Waals surface area contributed by atoms with Gasteiger partial charge in [0, 0.05) is 49.1 Å². The molecule has 3 N–H and O–H groups in total. The summed E-state index contributed by atoms with van der Waals surface area (Å²) in [4.78, 5) is 69.7. The van der Waals surface area contributed by atoms with E-state index in [0.29, 0.717) is 23.0 Å². The number of hydrogen-bond donors (Lipinski definition) is 3. The number of benzene rings is 2. The molecule has 0 saturated carbocycles. The SMILES string of the molecule is CCc1nccn1CCC(=O)N1CC(=O)N[C@@H](C)c2nc(cs2)C(=O)N[C@H](Cc2ccccc2)c2nc(cs2)C(=O)N[C@H](c2ccccc2)C1. The fraction of sp³-hybridized carbons (Fsp3) is 0.306. The lowest BCUT2D eigenvalue weighted by molar-refractivity contribution is -0.136. The van der Waals surface area contributed by atoms with Gasteiger partial charge in [0.25, 0.3) is 11.8 Å². The molecule has 0 unspecified atom stereocenters. The molecule has 4 amide bonds. The third kappa shape index (κ3) is 8.50. The third-order valence-corrected chi connectivity index (χ3v) is 10.4. The Morgan fingerprint density at radius 2 is 1.54 bits per heavy atom. The quantitative estimate of drug-likeness (QED) is 0.223. The summed E-state index contributed by atoms with van der Waals surface area (Å²) >= 11 is 2.55. The van der Waals surface area contributed by atoms with Crippen molar-refractivity contribution in [3.05, 3.63) is 122 Å². The molecule has 3 atom stereocenters. The van der Waals surface area contributed by atoms with Crippen LogP contribution in [0, 0.1) is 0 Å². The maximum Gasteiger partial charge on any atom is 0.271 e. The molecule has 0 aliphatic carbocycles. The molecule has 2 aromatic carbocycles. The normalized spacial score (nSPS) is 18.8. The minimum absolute atomic E-state index is 0.0477. The molecule has 1 aliphatic rings. The molecule has 258 valence electrons. The number of aromatic nitrogens is 4. The second-order valence-corrected chi connectivity index (χ2v) is 13.8. The standard InChI is InChI=1S/C36H38N8O4S2/c1-3-30-37-15-17-43(30)16-14-32(46)44-19-27(25-12-8-5-9-13-25)40-34(48)29-22-50-36(42-29)26(18-24-10-6-4-7-11-24)39-33(47)28-21-49-35(41-28)23(2)38-31(45)20-44/h4-13,15,17,21-23,26-27H,3,14,16,18-20H2,1-2H3,(H,38,45)(H,39,47)(H,40,48)/t23-,26+,27-/m0/s1. The van der Waals surface area contributed by atoms with Crippen LogP contribution in [0.3, 0.4) is 0 Å². The number of nitrogens with one attached hydrogen (secondary N) is 3. The topological polar surface area (TPSA) is 151 Å². The van der Waals surface area contributed by atoms with Crippen LogP contribution in [0.4, 0.5) is 0 Å².